The van der Waals surface area contributed by atoms with Crippen molar-refractivity contribution in [2.45, 2.75) is 161 Å². The second kappa shape index (κ2) is 29.4. The Hall–Kier alpha value is -1.70. The SMILES string of the molecule is CC/C=C\C/C=C\C/C=C\C/C=C\CCC(=O)NC(CS(=O)(=O)O)C(O)CCCCCCCCCCCCCCCC. The molecule has 0 aromatic carbocycles. The largest absolute Gasteiger partial charge is 0.391 e. The van der Waals surface area contributed by atoms with Gasteiger partial charge in [-0.3, -0.25) is 9.35 Å². The zero-order valence-corrected chi connectivity index (χ0v) is 27.7. The maximum absolute atomic E-state index is 12.4. The number of amides is 1. The molecule has 7 heteroatoms. The van der Waals surface area contributed by atoms with E-state index in [1.807, 2.05) is 12.2 Å². The van der Waals surface area contributed by atoms with Gasteiger partial charge in [0.2, 0.25) is 5.91 Å². The van der Waals surface area contributed by atoms with Crippen molar-refractivity contribution in [2.24, 2.45) is 0 Å². The molecule has 6 nitrogen and oxygen atoms in total. The zero-order chi connectivity index (χ0) is 31.2. The number of carbonyl (C=O) groups is 1. The molecule has 244 valence electrons. The smallest absolute Gasteiger partial charge is 0.266 e. The topological polar surface area (TPSA) is 104 Å². The van der Waals surface area contributed by atoms with Crippen LogP contribution in [0.4, 0.5) is 0 Å². The van der Waals surface area contributed by atoms with E-state index in [1.54, 1.807) is 0 Å². The number of aliphatic hydroxyl groups excluding tert-OH is 1. The van der Waals surface area contributed by atoms with E-state index in [0.717, 1.165) is 44.9 Å². The minimum atomic E-state index is -4.33. The molecule has 0 rings (SSSR count). The highest BCUT2D eigenvalue weighted by atomic mass is 32.2. The van der Waals surface area contributed by atoms with Crippen LogP contribution in [0.1, 0.15) is 149 Å². The van der Waals surface area contributed by atoms with Crippen LogP contribution >= 0.6 is 0 Å². The second-order valence-electron chi connectivity index (χ2n) is 11.4. The van der Waals surface area contributed by atoms with Gasteiger partial charge in [0.05, 0.1) is 17.9 Å². The highest BCUT2D eigenvalue weighted by Gasteiger charge is 2.25. The standard InChI is InChI=1S/C35H63NO5S/c1-3-5-7-9-11-13-15-17-19-20-22-24-26-28-30-34(37)33(32-42(39,40)41)36-35(38)31-29-27-25-23-21-18-16-14-12-10-8-6-4-2/h6,8,12,14,18,21,25,27,33-34,37H,3-5,7,9-11,13,15-17,19-20,22-24,26,28-32H2,1-2H3,(H,36,38)(H,39,40,41)/b8-6-,14-12-,21-18-,27-25-. The second-order valence-corrected chi connectivity index (χ2v) is 12.9. The Morgan fingerprint density at radius 3 is 1.55 bits per heavy atom. The molecule has 0 saturated carbocycles. The number of rotatable bonds is 29. The van der Waals surface area contributed by atoms with Crippen LogP contribution in [0.5, 0.6) is 0 Å². The summed E-state index contributed by atoms with van der Waals surface area (Å²) >= 11 is 0. The molecule has 42 heavy (non-hydrogen) atoms. The minimum Gasteiger partial charge on any atom is -0.391 e. The van der Waals surface area contributed by atoms with E-state index < -0.39 is 28.0 Å². The van der Waals surface area contributed by atoms with Gasteiger partial charge in [0, 0.05) is 6.42 Å². The van der Waals surface area contributed by atoms with Gasteiger partial charge >= 0.3 is 0 Å². The van der Waals surface area contributed by atoms with Gasteiger partial charge in [-0.05, 0) is 38.5 Å². The van der Waals surface area contributed by atoms with E-state index in [2.05, 4.69) is 55.6 Å². The first-order valence-corrected chi connectivity index (χ1v) is 18.4. The van der Waals surface area contributed by atoms with Crippen molar-refractivity contribution < 1.29 is 22.9 Å². The van der Waals surface area contributed by atoms with Crippen molar-refractivity contribution in [1.29, 1.82) is 0 Å². The van der Waals surface area contributed by atoms with Crippen LogP contribution in [-0.2, 0) is 14.9 Å². The van der Waals surface area contributed by atoms with Gasteiger partial charge in [0.1, 0.15) is 0 Å². The van der Waals surface area contributed by atoms with Crippen molar-refractivity contribution >= 4 is 16.0 Å². The average molecular weight is 610 g/mol. The average Bonchev–Trinajstić information content (AvgIpc) is 2.94. The fourth-order valence-corrected chi connectivity index (χ4v) is 5.58. The van der Waals surface area contributed by atoms with Crippen molar-refractivity contribution in [3.63, 3.8) is 0 Å². The van der Waals surface area contributed by atoms with Crippen LogP contribution in [0.25, 0.3) is 0 Å². The van der Waals surface area contributed by atoms with E-state index in [-0.39, 0.29) is 12.3 Å². The number of aliphatic hydroxyl groups is 1. The number of unbranched alkanes of at least 4 members (excludes halogenated alkanes) is 13. The predicted octanol–water partition coefficient (Wildman–Crippen LogP) is 9.18. The summed E-state index contributed by atoms with van der Waals surface area (Å²) in [4.78, 5) is 12.4. The molecule has 2 unspecified atom stereocenters. The normalized spacial score (nSPS) is 14.1. The molecule has 1 amide bonds. The van der Waals surface area contributed by atoms with Crippen molar-refractivity contribution in [1.82, 2.24) is 5.32 Å². The summed E-state index contributed by atoms with van der Waals surface area (Å²) in [5, 5.41) is 13.2. The van der Waals surface area contributed by atoms with E-state index in [1.165, 1.54) is 70.6 Å². The summed E-state index contributed by atoms with van der Waals surface area (Å²) in [5.74, 6) is -1.01. The van der Waals surface area contributed by atoms with Gasteiger partial charge < -0.3 is 10.4 Å². The lowest BCUT2D eigenvalue weighted by atomic mass is 10.0. The van der Waals surface area contributed by atoms with E-state index in [9.17, 15) is 22.9 Å². The summed E-state index contributed by atoms with van der Waals surface area (Å²) in [5.41, 5.74) is 0. The predicted molar refractivity (Wildman–Crippen MR) is 179 cm³/mol. The molecule has 0 saturated heterocycles. The van der Waals surface area contributed by atoms with Crippen LogP contribution in [0.2, 0.25) is 0 Å². The lowest BCUT2D eigenvalue weighted by Crippen LogP contribution is -2.47. The molecule has 0 bridgehead atoms. The third-order valence-electron chi connectivity index (χ3n) is 7.31. The third kappa shape index (κ3) is 29.8. The Morgan fingerprint density at radius 2 is 1.10 bits per heavy atom. The van der Waals surface area contributed by atoms with Crippen LogP contribution < -0.4 is 5.32 Å². The van der Waals surface area contributed by atoms with Crippen molar-refractivity contribution in [3.8, 4) is 0 Å². The van der Waals surface area contributed by atoms with E-state index in [4.69, 9.17) is 0 Å². The maximum Gasteiger partial charge on any atom is 0.266 e. The summed E-state index contributed by atoms with van der Waals surface area (Å²) in [6.45, 7) is 4.37. The molecule has 0 aliphatic carbocycles. The van der Waals surface area contributed by atoms with Crippen molar-refractivity contribution in [2.75, 3.05) is 5.75 Å². The number of carbonyl (C=O) groups excluding carboxylic acids is 1. The fourth-order valence-electron chi connectivity index (χ4n) is 4.82. The highest BCUT2D eigenvalue weighted by Crippen LogP contribution is 2.15. The summed E-state index contributed by atoms with van der Waals surface area (Å²) in [6.07, 6.45) is 37.8. The Balaban J connectivity index is 4.09. The fraction of sp³-hybridized carbons (Fsp3) is 0.743. The lowest BCUT2D eigenvalue weighted by molar-refractivity contribution is -0.122. The van der Waals surface area contributed by atoms with Gasteiger partial charge in [-0.1, -0.05) is 152 Å². The number of allylic oxidation sites excluding steroid dienone is 8. The van der Waals surface area contributed by atoms with Gasteiger partial charge in [-0.25, -0.2) is 0 Å². The molecule has 0 heterocycles. The Labute approximate surface area is 259 Å². The number of hydrogen-bond acceptors (Lipinski definition) is 4. The first-order valence-electron chi connectivity index (χ1n) is 16.8. The Kier molecular flexibility index (Phi) is 28.2. The minimum absolute atomic E-state index is 0.196. The molecule has 0 aliphatic rings. The number of hydrogen-bond donors (Lipinski definition) is 3. The summed E-state index contributed by atoms with van der Waals surface area (Å²) in [7, 11) is -4.33. The van der Waals surface area contributed by atoms with Gasteiger partial charge in [-0.2, -0.15) is 8.42 Å². The number of nitrogens with one attached hydrogen (secondary N) is 1. The molecule has 3 N–H and O–H groups in total. The lowest BCUT2D eigenvalue weighted by Gasteiger charge is -2.23. The Bertz CT molecular complexity index is 847. The monoisotopic (exact) mass is 609 g/mol. The molecule has 0 aromatic heterocycles. The van der Waals surface area contributed by atoms with Gasteiger partial charge in [0.15, 0.2) is 0 Å². The van der Waals surface area contributed by atoms with Crippen LogP contribution in [0, 0.1) is 0 Å². The highest BCUT2D eigenvalue weighted by molar-refractivity contribution is 7.85. The molecule has 0 aromatic rings. The van der Waals surface area contributed by atoms with Gasteiger partial charge in [-0.15, -0.1) is 0 Å². The van der Waals surface area contributed by atoms with Crippen LogP contribution in [0.3, 0.4) is 0 Å². The quantitative estimate of drug-likeness (QED) is 0.0446. The molecule has 0 spiro atoms. The molecule has 2 atom stereocenters. The van der Waals surface area contributed by atoms with Crippen LogP contribution in [0.15, 0.2) is 48.6 Å². The molecular weight excluding hydrogens is 546 g/mol. The summed E-state index contributed by atoms with van der Waals surface area (Å²) in [6, 6.07) is -1.01. The Morgan fingerprint density at radius 1 is 0.667 bits per heavy atom. The van der Waals surface area contributed by atoms with E-state index >= 15 is 0 Å². The third-order valence-corrected chi connectivity index (χ3v) is 8.09. The zero-order valence-electron chi connectivity index (χ0n) is 26.9. The first kappa shape index (κ1) is 40.3. The van der Waals surface area contributed by atoms with Crippen molar-refractivity contribution in [3.05, 3.63) is 48.6 Å². The summed E-state index contributed by atoms with van der Waals surface area (Å²) < 4.78 is 32.3. The first-order chi connectivity index (χ1) is 20.3. The van der Waals surface area contributed by atoms with Crippen LogP contribution in [-0.4, -0.2) is 41.9 Å². The molecular formula is C35H63NO5S. The maximum atomic E-state index is 12.4. The van der Waals surface area contributed by atoms with E-state index in [0.29, 0.717) is 12.8 Å². The van der Waals surface area contributed by atoms with Gasteiger partial charge in [0.25, 0.3) is 10.1 Å². The molecule has 0 fully saturated rings. The molecule has 0 aliphatic heterocycles. The molecule has 0 radical (unpaired) electrons.